The van der Waals surface area contributed by atoms with E-state index in [2.05, 4.69) is 17.0 Å². The number of likely N-dealkylation sites (tertiary alicyclic amines) is 1. The van der Waals surface area contributed by atoms with Crippen molar-refractivity contribution in [3.05, 3.63) is 35.9 Å². The number of rotatable bonds is 3. The zero-order valence-electron chi connectivity index (χ0n) is 11.1. The molecule has 3 nitrogen and oxygen atoms in total. The van der Waals surface area contributed by atoms with Crippen LogP contribution < -0.4 is 4.90 Å². The van der Waals surface area contributed by atoms with Crippen LogP contribution in [0.5, 0.6) is 0 Å². The first kappa shape index (κ1) is 12.7. The lowest BCUT2D eigenvalue weighted by molar-refractivity contribution is -0.124. The zero-order chi connectivity index (χ0) is 13.0. The number of benzene rings is 1. The van der Waals surface area contributed by atoms with Crippen LogP contribution in [0.2, 0.25) is 0 Å². The van der Waals surface area contributed by atoms with Gasteiger partial charge >= 0.3 is 0 Å². The predicted octanol–water partition coefficient (Wildman–Crippen LogP) is 2.39. The van der Waals surface area contributed by atoms with E-state index in [0.717, 1.165) is 37.2 Å². The Bertz CT molecular complexity index is 428. The first-order valence-corrected chi connectivity index (χ1v) is 6.41. The van der Waals surface area contributed by atoms with Crippen LogP contribution >= 0.6 is 0 Å². The molecular weight excluding hydrogens is 224 g/mol. The highest BCUT2D eigenvalue weighted by Gasteiger charge is 2.14. The summed E-state index contributed by atoms with van der Waals surface area (Å²) in [4.78, 5) is 15.8. The van der Waals surface area contributed by atoms with Gasteiger partial charge in [-0.25, -0.2) is 0 Å². The molecule has 1 heterocycles. The molecule has 1 aliphatic rings. The third-order valence-corrected chi connectivity index (χ3v) is 3.25. The van der Waals surface area contributed by atoms with Crippen LogP contribution in [-0.2, 0) is 4.79 Å². The summed E-state index contributed by atoms with van der Waals surface area (Å²) in [7, 11) is 4.03. The number of carbonyl (C=O) groups is 1. The fraction of sp³-hybridized carbons (Fsp3) is 0.400. The molecule has 0 unspecified atom stereocenters. The van der Waals surface area contributed by atoms with Gasteiger partial charge in [-0.05, 0) is 36.6 Å². The topological polar surface area (TPSA) is 23.6 Å². The van der Waals surface area contributed by atoms with Crippen LogP contribution in [0.1, 0.15) is 18.4 Å². The maximum atomic E-state index is 11.8. The van der Waals surface area contributed by atoms with Crippen molar-refractivity contribution in [1.29, 1.82) is 0 Å². The molecule has 0 spiro atoms. The summed E-state index contributed by atoms with van der Waals surface area (Å²) in [5, 5.41) is 0. The fourth-order valence-electron chi connectivity index (χ4n) is 2.09. The summed E-state index contributed by atoms with van der Waals surface area (Å²) >= 11 is 0. The van der Waals surface area contributed by atoms with Crippen molar-refractivity contribution in [2.45, 2.75) is 12.8 Å². The van der Waals surface area contributed by atoms with Gasteiger partial charge in [-0.2, -0.15) is 0 Å². The molecule has 1 aromatic rings. The highest BCUT2D eigenvalue weighted by atomic mass is 16.2. The van der Waals surface area contributed by atoms with Gasteiger partial charge in [0.2, 0.25) is 5.91 Å². The minimum Gasteiger partial charge on any atom is -0.378 e. The number of anilines is 1. The SMILES string of the molecule is CN(C)c1ccc(C=CC(=O)N2CCCC2)cc1. The average molecular weight is 244 g/mol. The van der Waals surface area contributed by atoms with E-state index in [4.69, 9.17) is 0 Å². The fourth-order valence-corrected chi connectivity index (χ4v) is 2.09. The van der Waals surface area contributed by atoms with E-state index in [0.29, 0.717) is 0 Å². The number of hydrogen-bond donors (Lipinski definition) is 0. The van der Waals surface area contributed by atoms with Gasteiger partial charge in [0.25, 0.3) is 0 Å². The van der Waals surface area contributed by atoms with E-state index in [-0.39, 0.29) is 5.91 Å². The van der Waals surface area contributed by atoms with Crippen LogP contribution in [-0.4, -0.2) is 38.0 Å². The maximum Gasteiger partial charge on any atom is 0.246 e. The average Bonchev–Trinajstić information content (AvgIpc) is 2.90. The van der Waals surface area contributed by atoms with E-state index in [1.807, 2.05) is 37.2 Å². The minimum absolute atomic E-state index is 0.129. The second-order valence-corrected chi connectivity index (χ2v) is 4.85. The molecule has 18 heavy (non-hydrogen) atoms. The lowest BCUT2D eigenvalue weighted by Crippen LogP contribution is -2.25. The van der Waals surface area contributed by atoms with Crippen LogP contribution in [0.15, 0.2) is 30.3 Å². The molecule has 1 fully saturated rings. The molecule has 0 aromatic heterocycles. The molecule has 96 valence electrons. The first-order valence-electron chi connectivity index (χ1n) is 6.41. The summed E-state index contributed by atoms with van der Waals surface area (Å²) in [6.07, 6.45) is 5.84. The monoisotopic (exact) mass is 244 g/mol. The lowest BCUT2D eigenvalue weighted by Gasteiger charge is -2.12. The van der Waals surface area contributed by atoms with Crippen molar-refractivity contribution in [3.8, 4) is 0 Å². The van der Waals surface area contributed by atoms with E-state index in [1.54, 1.807) is 6.08 Å². The molecule has 0 aliphatic carbocycles. The van der Waals surface area contributed by atoms with E-state index in [9.17, 15) is 4.79 Å². The Morgan fingerprint density at radius 1 is 1.17 bits per heavy atom. The number of amides is 1. The van der Waals surface area contributed by atoms with Crippen molar-refractivity contribution < 1.29 is 4.79 Å². The first-order chi connectivity index (χ1) is 8.66. The normalized spacial score (nSPS) is 15.3. The summed E-state index contributed by atoms with van der Waals surface area (Å²) in [6, 6.07) is 8.17. The zero-order valence-corrected chi connectivity index (χ0v) is 11.1. The third kappa shape index (κ3) is 3.13. The van der Waals surface area contributed by atoms with Crippen molar-refractivity contribution in [1.82, 2.24) is 4.90 Å². The summed E-state index contributed by atoms with van der Waals surface area (Å²) in [6.45, 7) is 1.81. The van der Waals surface area contributed by atoms with Crippen LogP contribution in [0.25, 0.3) is 6.08 Å². The third-order valence-electron chi connectivity index (χ3n) is 3.25. The number of carbonyl (C=O) groups excluding carboxylic acids is 1. The Morgan fingerprint density at radius 3 is 2.33 bits per heavy atom. The van der Waals surface area contributed by atoms with E-state index < -0.39 is 0 Å². The predicted molar refractivity (Wildman–Crippen MR) is 75.6 cm³/mol. The standard InChI is InChI=1S/C15H20N2O/c1-16(2)14-8-5-13(6-9-14)7-10-15(18)17-11-3-4-12-17/h5-10H,3-4,11-12H2,1-2H3. The van der Waals surface area contributed by atoms with Crippen molar-refractivity contribution >= 4 is 17.7 Å². The molecule has 1 aromatic carbocycles. The molecule has 0 atom stereocenters. The maximum absolute atomic E-state index is 11.8. The van der Waals surface area contributed by atoms with Gasteiger partial charge in [-0.15, -0.1) is 0 Å². The van der Waals surface area contributed by atoms with Crippen molar-refractivity contribution in [3.63, 3.8) is 0 Å². The smallest absolute Gasteiger partial charge is 0.246 e. The molecule has 1 aliphatic heterocycles. The molecule has 0 bridgehead atoms. The molecule has 0 saturated carbocycles. The highest BCUT2D eigenvalue weighted by molar-refractivity contribution is 5.91. The van der Waals surface area contributed by atoms with Gasteiger partial charge < -0.3 is 9.80 Å². The minimum atomic E-state index is 0.129. The molecule has 1 amide bonds. The van der Waals surface area contributed by atoms with Gasteiger partial charge in [-0.3, -0.25) is 4.79 Å². The lowest BCUT2D eigenvalue weighted by atomic mass is 10.2. The van der Waals surface area contributed by atoms with Gasteiger partial charge in [0, 0.05) is 38.9 Å². The second kappa shape index (κ2) is 5.71. The van der Waals surface area contributed by atoms with Gasteiger partial charge in [-0.1, -0.05) is 12.1 Å². The van der Waals surface area contributed by atoms with Gasteiger partial charge in [0.15, 0.2) is 0 Å². The van der Waals surface area contributed by atoms with E-state index >= 15 is 0 Å². The summed E-state index contributed by atoms with van der Waals surface area (Å²) in [5.74, 6) is 0.129. The molecule has 0 radical (unpaired) electrons. The highest BCUT2D eigenvalue weighted by Crippen LogP contribution is 2.14. The van der Waals surface area contributed by atoms with Crippen molar-refractivity contribution in [2.24, 2.45) is 0 Å². The number of nitrogens with zero attached hydrogens (tertiary/aromatic N) is 2. The van der Waals surface area contributed by atoms with Gasteiger partial charge in [0.1, 0.15) is 0 Å². The Labute approximate surface area is 109 Å². The molecule has 1 saturated heterocycles. The van der Waals surface area contributed by atoms with Crippen LogP contribution in [0, 0.1) is 0 Å². The molecule has 0 N–H and O–H groups in total. The second-order valence-electron chi connectivity index (χ2n) is 4.85. The largest absolute Gasteiger partial charge is 0.378 e. The molecule has 3 heteroatoms. The van der Waals surface area contributed by atoms with Crippen LogP contribution in [0.4, 0.5) is 5.69 Å². The summed E-state index contributed by atoms with van der Waals surface area (Å²) < 4.78 is 0. The Morgan fingerprint density at radius 2 is 1.78 bits per heavy atom. The van der Waals surface area contributed by atoms with Crippen LogP contribution in [0.3, 0.4) is 0 Å². The number of hydrogen-bond acceptors (Lipinski definition) is 2. The molecule has 2 rings (SSSR count). The van der Waals surface area contributed by atoms with Gasteiger partial charge in [0.05, 0.1) is 0 Å². The molecular formula is C15H20N2O. The Hall–Kier alpha value is -1.77. The summed E-state index contributed by atoms with van der Waals surface area (Å²) in [5.41, 5.74) is 2.23. The van der Waals surface area contributed by atoms with E-state index in [1.165, 1.54) is 0 Å². The Balaban J connectivity index is 1.97. The quantitative estimate of drug-likeness (QED) is 0.762. The van der Waals surface area contributed by atoms with Crippen molar-refractivity contribution in [2.75, 3.05) is 32.1 Å². The Kier molecular flexibility index (Phi) is 4.03.